The van der Waals surface area contributed by atoms with Crippen molar-refractivity contribution >= 4 is 29.4 Å². The van der Waals surface area contributed by atoms with E-state index in [2.05, 4.69) is 5.32 Å². The lowest BCUT2D eigenvalue weighted by Gasteiger charge is -2.21. The monoisotopic (exact) mass is 361 g/mol. The smallest absolute Gasteiger partial charge is 0.251 e. The van der Waals surface area contributed by atoms with Crippen molar-refractivity contribution in [2.24, 2.45) is 0 Å². The van der Waals surface area contributed by atoms with Crippen molar-refractivity contribution in [1.82, 2.24) is 5.32 Å². The second kappa shape index (κ2) is 8.08. The largest absolute Gasteiger partial charge is 0.346 e. The fourth-order valence-electron chi connectivity index (χ4n) is 2.59. The summed E-state index contributed by atoms with van der Waals surface area (Å²) in [5.41, 5.74) is 2.81. The summed E-state index contributed by atoms with van der Waals surface area (Å²) in [6.07, 6.45) is 1.27. The topological polar surface area (TPSA) is 29.1 Å². The minimum atomic E-state index is -0.272. The van der Waals surface area contributed by atoms with Crippen LogP contribution in [0.25, 0.3) is 0 Å². The van der Waals surface area contributed by atoms with Crippen LogP contribution in [-0.4, -0.2) is 17.4 Å². The van der Waals surface area contributed by atoms with E-state index in [1.165, 1.54) is 35.6 Å². The maximum Gasteiger partial charge on any atom is 0.251 e. The SMILES string of the molecule is CC(NC(=O)c1ccc(C2SCCCS2)cc1)c1ccc(F)cc1. The number of halogens is 1. The number of thioether (sulfide) groups is 2. The van der Waals surface area contributed by atoms with E-state index in [-0.39, 0.29) is 17.8 Å². The Balaban J connectivity index is 1.63. The predicted molar refractivity (Wildman–Crippen MR) is 101 cm³/mol. The third-order valence-corrected chi connectivity index (χ3v) is 7.00. The highest BCUT2D eigenvalue weighted by molar-refractivity contribution is 8.16. The van der Waals surface area contributed by atoms with E-state index in [1.807, 2.05) is 54.7 Å². The van der Waals surface area contributed by atoms with Crippen molar-refractivity contribution in [2.75, 3.05) is 11.5 Å². The van der Waals surface area contributed by atoms with E-state index in [4.69, 9.17) is 0 Å². The van der Waals surface area contributed by atoms with Crippen LogP contribution in [0.2, 0.25) is 0 Å². The highest BCUT2D eigenvalue weighted by Gasteiger charge is 2.17. The fraction of sp³-hybridized carbons (Fsp3) is 0.316. The maximum absolute atomic E-state index is 13.0. The Bertz CT molecular complexity index is 682. The fourth-order valence-corrected chi connectivity index (χ4v) is 5.48. The van der Waals surface area contributed by atoms with Gasteiger partial charge >= 0.3 is 0 Å². The van der Waals surface area contributed by atoms with E-state index >= 15 is 0 Å². The molecule has 2 aromatic rings. The van der Waals surface area contributed by atoms with Crippen LogP contribution < -0.4 is 5.32 Å². The molecule has 1 N–H and O–H groups in total. The van der Waals surface area contributed by atoms with Crippen molar-refractivity contribution in [1.29, 1.82) is 0 Å². The minimum absolute atomic E-state index is 0.109. The van der Waals surface area contributed by atoms with Crippen molar-refractivity contribution in [3.8, 4) is 0 Å². The van der Waals surface area contributed by atoms with Crippen LogP contribution in [0.4, 0.5) is 4.39 Å². The molecule has 1 aliphatic rings. The molecule has 5 heteroatoms. The Kier molecular flexibility index (Phi) is 5.85. The van der Waals surface area contributed by atoms with E-state index in [0.29, 0.717) is 10.1 Å². The van der Waals surface area contributed by atoms with Gasteiger partial charge in [-0.25, -0.2) is 4.39 Å². The van der Waals surface area contributed by atoms with Crippen LogP contribution in [0.1, 0.15) is 45.5 Å². The van der Waals surface area contributed by atoms with E-state index in [9.17, 15) is 9.18 Å². The molecule has 126 valence electrons. The Labute approximate surface area is 150 Å². The van der Waals surface area contributed by atoms with Crippen molar-refractivity contribution in [3.05, 3.63) is 71.0 Å². The van der Waals surface area contributed by atoms with E-state index < -0.39 is 0 Å². The maximum atomic E-state index is 13.0. The van der Waals surface area contributed by atoms with Crippen LogP contribution in [0.15, 0.2) is 48.5 Å². The van der Waals surface area contributed by atoms with Gasteiger partial charge in [-0.15, -0.1) is 23.5 Å². The molecule has 1 amide bonds. The molecule has 0 aliphatic carbocycles. The first kappa shape index (κ1) is 17.4. The summed E-state index contributed by atoms with van der Waals surface area (Å²) in [4.78, 5) is 12.4. The summed E-state index contributed by atoms with van der Waals surface area (Å²) < 4.78 is 13.5. The summed E-state index contributed by atoms with van der Waals surface area (Å²) in [6.45, 7) is 1.90. The number of benzene rings is 2. The summed E-state index contributed by atoms with van der Waals surface area (Å²) in [5, 5.41) is 2.96. The van der Waals surface area contributed by atoms with E-state index in [1.54, 1.807) is 12.1 Å². The lowest BCUT2D eigenvalue weighted by Crippen LogP contribution is -2.26. The second-order valence-corrected chi connectivity index (χ2v) is 8.52. The first-order chi connectivity index (χ1) is 11.6. The zero-order chi connectivity index (χ0) is 16.9. The van der Waals surface area contributed by atoms with Gasteiger partial charge in [0, 0.05) is 5.56 Å². The Hall–Kier alpha value is -1.46. The van der Waals surface area contributed by atoms with Crippen LogP contribution in [0.3, 0.4) is 0 Å². The minimum Gasteiger partial charge on any atom is -0.346 e. The molecule has 0 saturated carbocycles. The molecule has 0 radical (unpaired) electrons. The van der Waals surface area contributed by atoms with Gasteiger partial charge in [-0.2, -0.15) is 0 Å². The van der Waals surface area contributed by atoms with Crippen molar-refractivity contribution in [3.63, 3.8) is 0 Å². The van der Waals surface area contributed by atoms with Crippen LogP contribution in [-0.2, 0) is 0 Å². The summed E-state index contributed by atoms with van der Waals surface area (Å²) in [7, 11) is 0. The molecule has 1 unspecified atom stereocenters. The summed E-state index contributed by atoms with van der Waals surface area (Å²) >= 11 is 3.94. The molecule has 1 fully saturated rings. The first-order valence-electron chi connectivity index (χ1n) is 8.03. The normalized spacial score (nSPS) is 16.6. The Morgan fingerprint density at radius 1 is 1.08 bits per heavy atom. The molecule has 0 spiro atoms. The average Bonchev–Trinajstić information content (AvgIpc) is 2.63. The van der Waals surface area contributed by atoms with Gasteiger partial charge in [0.15, 0.2) is 0 Å². The van der Waals surface area contributed by atoms with Gasteiger partial charge in [-0.05, 0) is 60.2 Å². The zero-order valence-electron chi connectivity index (χ0n) is 13.5. The third-order valence-electron chi connectivity index (χ3n) is 3.99. The third kappa shape index (κ3) is 4.33. The molecule has 2 nitrogen and oxygen atoms in total. The van der Waals surface area contributed by atoms with Gasteiger partial charge in [0.05, 0.1) is 10.6 Å². The number of carbonyl (C=O) groups excluding carboxylic acids is 1. The van der Waals surface area contributed by atoms with Gasteiger partial charge < -0.3 is 5.32 Å². The standard InChI is InChI=1S/C19H20FNOS2/c1-13(14-7-9-17(20)10-8-14)21-18(22)15-3-5-16(6-4-15)19-23-11-2-12-24-19/h3-10,13,19H,2,11-12H2,1H3,(H,21,22). The molecule has 1 aliphatic heterocycles. The van der Waals surface area contributed by atoms with Crippen molar-refractivity contribution in [2.45, 2.75) is 24.0 Å². The Morgan fingerprint density at radius 2 is 1.71 bits per heavy atom. The molecule has 1 saturated heterocycles. The number of hydrogen-bond donors (Lipinski definition) is 1. The number of amides is 1. The second-order valence-electron chi connectivity index (χ2n) is 5.80. The van der Waals surface area contributed by atoms with Gasteiger partial charge in [0.1, 0.15) is 5.82 Å². The highest BCUT2D eigenvalue weighted by Crippen LogP contribution is 2.43. The summed E-state index contributed by atoms with van der Waals surface area (Å²) in [5.74, 6) is 2.03. The van der Waals surface area contributed by atoms with Gasteiger partial charge in [-0.1, -0.05) is 24.3 Å². The molecule has 3 rings (SSSR count). The molecular weight excluding hydrogens is 341 g/mol. The number of rotatable bonds is 4. The number of carbonyl (C=O) groups is 1. The lowest BCUT2D eigenvalue weighted by atomic mass is 10.1. The Morgan fingerprint density at radius 3 is 2.33 bits per heavy atom. The first-order valence-corrected chi connectivity index (χ1v) is 10.1. The molecule has 24 heavy (non-hydrogen) atoms. The number of hydrogen-bond acceptors (Lipinski definition) is 3. The molecule has 2 aromatic carbocycles. The van der Waals surface area contributed by atoms with Gasteiger partial charge in [0.2, 0.25) is 0 Å². The zero-order valence-corrected chi connectivity index (χ0v) is 15.1. The van der Waals surface area contributed by atoms with E-state index in [0.717, 1.165) is 5.56 Å². The quantitative estimate of drug-likeness (QED) is 0.813. The average molecular weight is 362 g/mol. The van der Waals surface area contributed by atoms with Crippen LogP contribution >= 0.6 is 23.5 Å². The molecule has 1 heterocycles. The van der Waals surface area contributed by atoms with Crippen LogP contribution in [0.5, 0.6) is 0 Å². The lowest BCUT2D eigenvalue weighted by molar-refractivity contribution is 0.0940. The molecule has 0 aromatic heterocycles. The predicted octanol–water partition coefficient (Wildman–Crippen LogP) is 5.19. The van der Waals surface area contributed by atoms with Gasteiger partial charge in [-0.3, -0.25) is 4.79 Å². The molecule has 0 bridgehead atoms. The van der Waals surface area contributed by atoms with Gasteiger partial charge in [0.25, 0.3) is 5.91 Å². The van der Waals surface area contributed by atoms with Crippen LogP contribution in [0, 0.1) is 5.82 Å². The van der Waals surface area contributed by atoms with Crippen molar-refractivity contribution < 1.29 is 9.18 Å². The highest BCUT2D eigenvalue weighted by atomic mass is 32.2. The number of nitrogens with one attached hydrogen (secondary N) is 1. The molecular formula is C19H20FNOS2. The summed E-state index contributed by atoms with van der Waals surface area (Å²) in [6, 6.07) is 13.9. The molecule has 1 atom stereocenters.